The van der Waals surface area contributed by atoms with E-state index >= 15 is 0 Å². The van der Waals surface area contributed by atoms with Crippen molar-refractivity contribution in [2.45, 2.75) is 43.7 Å². The summed E-state index contributed by atoms with van der Waals surface area (Å²) in [7, 11) is 0. The maximum absolute atomic E-state index is 13.0. The number of nitrogens with zero attached hydrogens (tertiary/aromatic N) is 1. The fourth-order valence-corrected chi connectivity index (χ4v) is 5.88. The monoisotopic (exact) mass is 476 g/mol. The second-order valence-corrected chi connectivity index (χ2v) is 9.75. The molecule has 6 nitrogen and oxygen atoms in total. The van der Waals surface area contributed by atoms with Crippen molar-refractivity contribution in [1.29, 1.82) is 0 Å². The maximum atomic E-state index is 13.0. The predicted molar refractivity (Wildman–Crippen MR) is 123 cm³/mol. The molecule has 0 aromatic heterocycles. The first-order valence-corrected chi connectivity index (χ1v) is 11.8. The lowest BCUT2D eigenvalue weighted by Gasteiger charge is -2.52. The molecule has 8 heteroatoms. The summed E-state index contributed by atoms with van der Waals surface area (Å²) >= 11 is 12.2. The van der Waals surface area contributed by atoms with Gasteiger partial charge in [0, 0.05) is 23.5 Å². The Hall–Kier alpha value is -1.99. The molecule has 0 radical (unpaired) electrons. The van der Waals surface area contributed by atoms with Crippen LogP contribution in [0, 0.1) is 5.92 Å². The van der Waals surface area contributed by atoms with Crippen molar-refractivity contribution in [2.24, 2.45) is 5.92 Å². The number of likely N-dealkylation sites (tertiary alicyclic amines) is 1. The molecule has 1 saturated heterocycles. The second-order valence-electron chi connectivity index (χ2n) is 8.91. The van der Waals surface area contributed by atoms with E-state index in [9.17, 15) is 9.90 Å². The molecular formula is C24H26Cl2N2O4. The molecule has 2 aliphatic heterocycles. The van der Waals surface area contributed by atoms with E-state index in [-0.39, 0.29) is 31.2 Å². The van der Waals surface area contributed by atoms with Gasteiger partial charge in [-0.05, 0) is 55.2 Å². The number of carbonyl (C=O) groups excluding carboxylic acids is 1. The van der Waals surface area contributed by atoms with E-state index in [1.54, 1.807) is 18.2 Å². The summed E-state index contributed by atoms with van der Waals surface area (Å²) in [6.07, 6.45) is 4.51. The Morgan fingerprint density at radius 2 is 1.97 bits per heavy atom. The normalized spacial score (nSPS) is 27.1. The number of amides is 1. The summed E-state index contributed by atoms with van der Waals surface area (Å²) < 4.78 is 11.1. The Bertz CT molecular complexity index is 1030. The SMILES string of the molecule is O=C(CN1CC[C@@]2(O)CCCC[C@H]2[C@H]1c1ccc2c(c1)OCO2)Nc1ccc(Cl)cc1Cl. The molecular weight excluding hydrogens is 451 g/mol. The lowest BCUT2D eigenvalue weighted by atomic mass is 9.66. The van der Waals surface area contributed by atoms with Crippen LogP contribution in [0.25, 0.3) is 0 Å². The number of aliphatic hydroxyl groups is 1. The summed E-state index contributed by atoms with van der Waals surface area (Å²) in [6, 6.07) is 10.9. The molecule has 2 heterocycles. The van der Waals surface area contributed by atoms with Crippen molar-refractivity contribution in [3.63, 3.8) is 0 Å². The minimum absolute atomic E-state index is 0.0530. The van der Waals surface area contributed by atoms with Gasteiger partial charge >= 0.3 is 0 Å². The van der Waals surface area contributed by atoms with Gasteiger partial charge in [-0.25, -0.2) is 0 Å². The first kappa shape index (κ1) is 21.8. The molecule has 2 aromatic carbocycles. The lowest BCUT2D eigenvalue weighted by Crippen LogP contribution is -2.56. The molecule has 2 fully saturated rings. The minimum atomic E-state index is -0.703. The third-order valence-corrected chi connectivity index (χ3v) is 7.51. The lowest BCUT2D eigenvalue weighted by molar-refractivity contribution is -0.135. The van der Waals surface area contributed by atoms with Crippen molar-refractivity contribution >= 4 is 34.8 Å². The summed E-state index contributed by atoms with van der Waals surface area (Å²) in [5, 5.41) is 15.3. The third-order valence-electron chi connectivity index (χ3n) is 6.96. The van der Waals surface area contributed by atoms with Gasteiger partial charge in [-0.15, -0.1) is 0 Å². The zero-order valence-corrected chi connectivity index (χ0v) is 19.2. The number of halogens is 2. The molecule has 1 saturated carbocycles. The molecule has 3 aliphatic rings. The number of rotatable bonds is 4. The van der Waals surface area contributed by atoms with Gasteiger partial charge in [0.25, 0.3) is 0 Å². The van der Waals surface area contributed by atoms with E-state index in [2.05, 4.69) is 10.2 Å². The zero-order valence-electron chi connectivity index (χ0n) is 17.7. The summed E-state index contributed by atoms with van der Waals surface area (Å²) in [6.45, 7) is 1.04. The quantitative estimate of drug-likeness (QED) is 0.647. The number of piperidine rings is 1. The van der Waals surface area contributed by atoms with Gasteiger partial charge in [0.1, 0.15) is 0 Å². The number of hydrogen-bond donors (Lipinski definition) is 2. The smallest absolute Gasteiger partial charge is 0.238 e. The fourth-order valence-electron chi connectivity index (χ4n) is 5.43. The van der Waals surface area contributed by atoms with Crippen molar-refractivity contribution in [3.8, 4) is 11.5 Å². The number of ether oxygens (including phenoxy) is 2. The number of fused-ring (bicyclic) bond motifs is 2. The van der Waals surface area contributed by atoms with Gasteiger partial charge in [-0.2, -0.15) is 0 Å². The molecule has 2 N–H and O–H groups in total. The first-order chi connectivity index (χ1) is 15.4. The van der Waals surface area contributed by atoms with E-state index in [4.69, 9.17) is 32.7 Å². The molecule has 3 atom stereocenters. The van der Waals surface area contributed by atoms with Gasteiger partial charge in [0.05, 0.1) is 22.9 Å². The Kier molecular flexibility index (Phi) is 5.97. The maximum Gasteiger partial charge on any atom is 0.238 e. The summed E-state index contributed by atoms with van der Waals surface area (Å²) in [5.41, 5.74) is 0.870. The van der Waals surface area contributed by atoms with Crippen molar-refractivity contribution in [1.82, 2.24) is 4.90 Å². The third kappa shape index (κ3) is 4.17. The van der Waals surface area contributed by atoms with E-state index in [0.29, 0.717) is 34.4 Å². The number of benzene rings is 2. The van der Waals surface area contributed by atoms with E-state index in [1.165, 1.54) is 0 Å². The van der Waals surface area contributed by atoms with Crippen LogP contribution < -0.4 is 14.8 Å². The molecule has 2 aromatic rings. The van der Waals surface area contributed by atoms with Crippen LogP contribution in [0.4, 0.5) is 5.69 Å². The molecule has 0 bridgehead atoms. The summed E-state index contributed by atoms with van der Waals surface area (Å²) in [5.74, 6) is 1.34. The largest absolute Gasteiger partial charge is 0.454 e. The van der Waals surface area contributed by atoms with Crippen molar-refractivity contribution in [3.05, 3.63) is 52.0 Å². The average molecular weight is 477 g/mol. The topological polar surface area (TPSA) is 71.0 Å². The highest BCUT2D eigenvalue weighted by molar-refractivity contribution is 6.36. The van der Waals surface area contributed by atoms with Crippen LogP contribution in [0.5, 0.6) is 11.5 Å². The van der Waals surface area contributed by atoms with Gasteiger partial charge in [-0.3, -0.25) is 9.69 Å². The molecule has 1 amide bonds. The van der Waals surface area contributed by atoms with Gasteiger partial charge in [0.2, 0.25) is 12.7 Å². The van der Waals surface area contributed by atoms with Gasteiger partial charge in [0.15, 0.2) is 11.5 Å². The number of nitrogens with one attached hydrogen (secondary N) is 1. The van der Waals surface area contributed by atoms with Crippen LogP contribution in [0.3, 0.4) is 0 Å². The van der Waals surface area contributed by atoms with Gasteiger partial charge < -0.3 is 19.9 Å². The van der Waals surface area contributed by atoms with Crippen molar-refractivity contribution in [2.75, 3.05) is 25.2 Å². The van der Waals surface area contributed by atoms with Crippen LogP contribution in [-0.2, 0) is 4.79 Å². The molecule has 0 unspecified atom stereocenters. The summed E-state index contributed by atoms with van der Waals surface area (Å²) in [4.78, 5) is 15.1. The van der Waals surface area contributed by atoms with Crippen molar-refractivity contribution < 1.29 is 19.4 Å². The molecule has 1 aliphatic carbocycles. The Morgan fingerprint density at radius 3 is 2.81 bits per heavy atom. The fraction of sp³-hybridized carbons (Fsp3) is 0.458. The van der Waals surface area contributed by atoms with E-state index in [1.807, 2.05) is 18.2 Å². The minimum Gasteiger partial charge on any atom is -0.454 e. The van der Waals surface area contributed by atoms with Crippen LogP contribution in [0.1, 0.15) is 43.7 Å². The number of carbonyl (C=O) groups is 1. The highest BCUT2D eigenvalue weighted by Crippen LogP contribution is 2.50. The standard InChI is InChI=1S/C24H26Cl2N2O4/c25-16-5-6-19(18(26)12-16)27-22(29)13-28-10-9-24(30)8-2-1-3-17(24)23(28)15-4-7-20-21(11-15)32-14-31-20/h4-7,11-12,17,23,30H,1-3,8-10,13-14H2,(H,27,29)/t17-,23+,24-/m0/s1. The number of hydrogen-bond acceptors (Lipinski definition) is 5. The Morgan fingerprint density at radius 1 is 1.12 bits per heavy atom. The van der Waals surface area contributed by atoms with Crippen LogP contribution >= 0.6 is 23.2 Å². The van der Waals surface area contributed by atoms with E-state index < -0.39 is 5.60 Å². The highest BCUT2D eigenvalue weighted by atomic mass is 35.5. The van der Waals surface area contributed by atoms with E-state index in [0.717, 1.165) is 37.0 Å². The highest BCUT2D eigenvalue weighted by Gasteiger charge is 2.49. The Balaban J connectivity index is 1.41. The second kappa shape index (κ2) is 8.75. The first-order valence-electron chi connectivity index (χ1n) is 11.0. The average Bonchev–Trinajstić information content (AvgIpc) is 3.23. The van der Waals surface area contributed by atoms with Gasteiger partial charge in [-0.1, -0.05) is 42.1 Å². The molecule has 32 heavy (non-hydrogen) atoms. The van der Waals surface area contributed by atoms with Crippen LogP contribution in [0.2, 0.25) is 10.0 Å². The van der Waals surface area contributed by atoms with Crippen LogP contribution in [0.15, 0.2) is 36.4 Å². The Labute approximate surface area is 197 Å². The molecule has 170 valence electrons. The van der Waals surface area contributed by atoms with Crippen LogP contribution in [-0.4, -0.2) is 41.4 Å². The molecule has 5 rings (SSSR count). The molecule has 0 spiro atoms. The zero-order chi connectivity index (χ0) is 22.3. The number of anilines is 1. The predicted octanol–water partition coefficient (Wildman–Crippen LogP) is 5.03.